The zero-order valence-corrected chi connectivity index (χ0v) is 17.7. The van der Waals surface area contributed by atoms with E-state index in [-0.39, 0.29) is 5.97 Å². The number of hydrogen-bond acceptors (Lipinski definition) is 9. The van der Waals surface area contributed by atoms with Gasteiger partial charge in [0.05, 0.1) is 23.8 Å². The highest BCUT2D eigenvalue weighted by atomic mass is 35.5. The molecule has 0 spiro atoms. The van der Waals surface area contributed by atoms with Gasteiger partial charge in [-0.05, 0) is 42.7 Å². The number of aryl methyl sites for hydroxylation is 2. The molecule has 0 saturated heterocycles. The van der Waals surface area contributed by atoms with Gasteiger partial charge in [-0.2, -0.15) is 0 Å². The van der Waals surface area contributed by atoms with Crippen LogP contribution in [0.4, 0.5) is 5.00 Å². The molecule has 146 valence electrons. The zero-order chi connectivity index (χ0) is 20.3. The van der Waals surface area contributed by atoms with Crippen molar-refractivity contribution in [3.05, 3.63) is 44.9 Å². The molecule has 0 unspecified atom stereocenters. The number of nitrogens with zero attached hydrogens (tertiary/aromatic N) is 3. The highest BCUT2D eigenvalue weighted by molar-refractivity contribution is 7.17. The third-order valence-corrected chi connectivity index (χ3v) is 5.91. The average Bonchev–Trinajstić information content (AvgIpc) is 3.37. The second-order valence-corrected chi connectivity index (χ2v) is 7.82. The Morgan fingerprint density at radius 2 is 2.00 bits per heavy atom. The van der Waals surface area contributed by atoms with Gasteiger partial charge in [-0.1, -0.05) is 16.8 Å². The molecule has 0 aliphatic rings. The topological polar surface area (TPSA) is 104 Å². The van der Waals surface area contributed by atoms with Gasteiger partial charge in [-0.15, -0.1) is 22.7 Å². The standard InChI is InChI=1S/C10H6ClN3OS.C8H11NO2S/c1-5-4-16-10-7(5)8(11)13-9(14-10)6-2-3-12-15-6;1-3-11-8(10)6-5(2)4-12-7(6)9/h2-4H,1H3;4H,3,9H2,1-2H3. The van der Waals surface area contributed by atoms with Crippen molar-refractivity contribution < 1.29 is 14.1 Å². The molecule has 7 nitrogen and oxygen atoms in total. The highest BCUT2D eigenvalue weighted by Crippen LogP contribution is 2.31. The van der Waals surface area contributed by atoms with Gasteiger partial charge >= 0.3 is 5.97 Å². The van der Waals surface area contributed by atoms with E-state index in [4.69, 9.17) is 26.6 Å². The molecular formula is C18H17ClN4O3S2. The number of ether oxygens (including phenoxy) is 1. The first-order valence-corrected chi connectivity index (χ1v) is 10.4. The number of halogens is 1. The van der Waals surface area contributed by atoms with Gasteiger partial charge in [-0.3, -0.25) is 0 Å². The summed E-state index contributed by atoms with van der Waals surface area (Å²) in [5, 5.41) is 9.38. The molecule has 28 heavy (non-hydrogen) atoms. The van der Waals surface area contributed by atoms with Crippen LogP contribution in [-0.2, 0) is 4.74 Å². The quantitative estimate of drug-likeness (QED) is 0.351. The molecule has 4 heterocycles. The van der Waals surface area contributed by atoms with E-state index in [0.717, 1.165) is 21.3 Å². The van der Waals surface area contributed by atoms with Gasteiger partial charge in [0.25, 0.3) is 0 Å². The minimum atomic E-state index is -0.325. The molecular weight excluding hydrogens is 420 g/mol. The van der Waals surface area contributed by atoms with Crippen molar-refractivity contribution in [1.82, 2.24) is 15.1 Å². The van der Waals surface area contributed by atoms with E-state index in [9.17, 15) is 4.79 Å². The minimum absolute atomic E-state index is 0.325. The lowest BCUT2D eigenvalue weighted by Gasteiger charge is -2.01. The summed E-state index contributed by atoms with van der Waals surface area (Å²) < 4.78 is 9.84. The Morgan fingerprint density at radius 1 is 1.25 bits per heavy atom. The van der Waals surface area contributed by atoms with Crippen LogP contribution in [0.15, 0.2) is 27.5 Å². The molecule has 10 heteroatoms. The molecule has 0 atom stereocenters. The second kappa shape index (κ2) is 8.68. The predicted molar refractivity (Wildman–Crippen MR) is 112 cm³/mol. The SMILES string of the molecule is CCOC(=O)c1c(C)csc1N.Cc1csc2nc(-c3ccno3)nc(Cl)c12. The number of esters is 1. The molecule has 0 amide bonds. The molecule has 0 radical (unpaired) electrons. The third-order valence-electron chi connectivity index (χ3n) is 3.71. The van der Waals surface area contributed by atoms with Gasteiger partial charge in [0, 0.05) is 6.07 Å². The lowest BCUT2D eigenvalue weighted by atomic mass is 10.2. The van der Waals surface area contributed by atoms with Crippen molar-refractivity contribution in [2.75, 3.05) is 12.3 Å². The number of anilines is 1. The maximum Gasteiger partial charge on any atom is 0.341 e. The van der Waals surface area contributed by atoms with Crippen LogP contribution in [-0.4, -0.2) is 27.7 Å². The van der Waals surface area contributed by atoms with Crippen molar-refractivity contribution in [3.8, 4) is 11.6 Å². The molecule has 0 fully saturated rings. The Balaban J connectivity index is 0.000000169. The maximum absolute atomic E-state index is 11.3. The first kappa shape index (κ1) is 20.2. The van der Waals surface area contributed by atoms with E-state index in [1.165, 1.54) is 11.3 Å². The van der Waals surface area contributed by atoms with Crippen molar-refractivity contribution in [2.45, 2.75) is 20.8 Å². The Labute approximate surface area is 174 Å². The summed E-state index contributed by atoms with van der Waals surface area (Å²) in [6.07, 6.45) is 1.55. The number of rotatable bonds is 3. The minimum Gasteiger partial charge on any atom is -0.462 e. The van der Waals surface area contributed by atoms with E-state index >= 15 is 0 Å². The molecule has 0 aliphatic carbocycles. The van der Waals surface area contributed by atoms with E-state index in [1.54, 1.807) is 30.5 Å². The van der Waals surface area contributed by atoms with Crippen LogP contribution in [0.3, 0.4) is 0 Å². The van der Waals surface area contributed by atoms with E-state index in [0.29, 0.717) is 33.9 Å². The van der Waals surface area contributed by atoms with E-state index < -0.39 is 0 Å². The molecule has 0 bridgehead atoms. The molecule has 2 N–H and O–H groups in total. The number of hydrogen-bond donors (Lipinski definition) is 1. The zero-order valence-electron chi connectivity index (χ0n) is 15.4. The lowest BCUT2D eigenvalue weighted by molar-refractivity contribution is 0.0527. The van der Waals surface area contributed by atoms with Crippen molar-refractivity contribution in [1.29, 1.82) is 0 Å². The first-order valence-electron chi connectivity index (χ1n) is 8.25. The van der Waals surface area contributed by atoms with Crippen LogP contribution in [0.1, 0.15) is 28.4 Å². The Bertz CT molecular complexity index is 1090. The summed E-state index contributed by atoms with van der Waals surface area (Å²) in [4.78, 5) is 20.7. The van der Waals surface area contributed by atoms with Crippen LogP contribution in [0.5, 0.6) is 0 Å². The van der Waals surface area contributed by atoms with Gasteiger partial charge in [0.2, 0.25) is 11.6 Å². The van der Waals surface area contributed by atoms with Gasteiger partial charge in [-0.25, -0.2) is 14.8 Å². The van der Waals surface area contributed by atoms with Gasteiger partial charge < -0.3 is 15.0 Å². The summed E-state index contributed by atoms with van der Waals surface area (Å²) in [7, 11) is 0. The Hall–Kier alpha value is -2.49. The Kier molecular flexibility index (Phi) is 6.28. The number of aromatic nitrogens is 3. The van der Waals surface area contributed by atoms with Gasteiger partial charge in [0.1, 0.15) is 15.0 Å². The largest absolute Gasteiger partial charge is 0.462 e. The van der Waals surface area contributed by atoms with Crippen molar-refractivity contribution in [3.63, 3.8) is 0 Å². The van der Waals surface area contributed by atoms with E-state index in [2.05, 4.69) is 15.1 Å². The number of carbonyl (C=O) groups excluding carboxylic acids is 1. The molecule has 0 saturated carbocycles. The van der Waals surface area contributed by atoms with Crippen LogP contribution >= 0.6 is 34.3 Å². The van der Waals surface area contributed by atoms with Gasteiger partial charge in [0.15, 0.2) is 0 Å². The maximum atomic E-state index is 11.3. The van der Waals surface area contributed by atoms with Crippen LogP contribution in [0.2, 0.25) is 5.15 Å². The van der Waals surface area contributed by atoms with Crippen molar-refractivity contribution in [2.24, 2.45) is 0 Å². The number of nitrogen functional groups attached to an aromatic ring is 1. The second-order valence-electron chi connectivity index (χ2n) is 5.69. The first-order chi connectivity index (χ1) is 13.4. The van der Waals surface area contributed by atoms with Crippen LogP contribution < -0.4 is 5.73 Å². The summed E-state index contributed by atoms with van der Waals surface area (Å²) >= 11 is 9.02. The molecule has 4 aromatic heterocycles. The summed E-state index contributed by atoms with van der Waals surface area (Å²) in [6.45, 7) is 5.99. The number of nitrogens with two attached hydrogens (primary N) is 1. The number of fused-ring (bicyclic) bond motifs is 1. The Morgan fingerprint density at radius 3 is 2.61 bits per heavy atom. The normalized spacial score (nSPS) is 10.6. The van der Waals surface area contributed by atoms with Crippen molar-refractivity contribution >= 4 is 55.5 Å². The molecule has 0 aromatic carbocycles. The predicted octanol–water partition coefficient (Wildman–Crippen LogP) is 5.12. The number of carbonyl (C=O) groups is 1. The smallest absolute Gasteiger partial charge is 0.341 e. The van der Waals surface area contributed by atoms with Crippen LogP contribution in [0, 0.1) is 13.8 Å². The highest BCUT2D eigenvalue weighted by Gasteiger charge is 2.15. The fourth-order valence-electron chi connectivity index (χ4n) is 2.40. The monoisotopic (exact) mass is 436 g/mol. The fourth-order valence-corrected chi connectivity index (χ4v) is 4.48. The fraction of sp³-hybridized carbons (Fsp3) is 0.222. The average molecular weight is 437 g/mol. The summed E-state index contributed by atoms with van der Waals surface area (Å²) in [5.74, 6) is 0.667. The molecule has 4 rings (SSSR count). The lowest BCUT2D eigenvalue weighted by Crippen LogP contribution is -2.06. The number of thiophene rings is 2. The molecule has 0 aliphatic heterocycles. The summed E-state index contributed by atoms with van der Waals surface area (Å²) in [6, 6.07) is 1.71. The molecule has 4 aromatic rings. The summed E-state index contributed by atoms with van der Waals surface area (Å²) in [5.41, 5.74) is 8.08. The van der Waals surface area contributed by atoms with Crippen LogP contribution in [0.25, 0.3) is 21.8 Å². The third kappa shape index (κ3) is 4.16. The van der Waals surface area contributed by atoms with E-state index in [1.807, 2.05) is 24.6 Å².